The molecule has 0 aromatic carbocycles. The lowest BCUT2D eigenvalue weighted by Crippen LogP contribution is -2.53. The Labute approximate surface area is 105 Å². The number of carbonyl (C=O) groups is 2. The average Bonchev–Trinajstić information content (AvgIpc) is 2.39. The Morgan fingerprint density at radius 2 is 2.00 bits per heavy atom. The fraction of sp³-hybridized carbons (Fsp3) is 0.818. The molecule has 0 spiro atoms. The Bertz CT molecular complexity index is 305. The number of hydrogen-bond acceptors (Lipinski definition) is 4. The first-order valence-corrected chi connectivity index (χ1v) is 7.17. The molecule has 6 heteroatoms. The summed E-state index contributed by atoms with van der Waals surface area (Å²) in [5.41, 5.74) is 0. The third-order valence-corrected chi connectivity index (χ3v) is 4.41. The minimum Gasteiger partial charge on any atom is -0.480 e. The highest BCUT2D eigenvalue weighted by molar-refractivity contribution is 7.99. The highest BCUT2D eigenvalue weighted by Crippen LogP contribution is 2.22. The van der Waals surface area contributed by atoms with Gasteiger partial charge in [-0.2, -0.15) is 11.8 Å². The second-order valence-electron chi connectivity index (χ2n) is 4.48. The number of hydrogen-bond donors (Lipinski definition) is 2. The zero-order valence-corrected chi connectivity index (χ0v) is 10.5. The van der Waals surface area contributed by atoms with Gasteiger partial charge in [-0.3, -0.25) is 4.79 Å². The topological polar surface area (TPSA) is 69.6 Å². The predicted molar refractivity (Wildman–Crippen MR) is 66.1 cm³/mol. The summed E-state index contributed by atoms with van der Waals surface area (Å²) in [5, 5.41) is 12.4. The molecule has 2 rings (SSSR count). The molecule has 2 saturated heterocycles. The van der Waals surface area contributed by atoms with Crippen molar-refractivity contribution in [2.45, 2.75) is 18.9 Å². The van der Waals surface area contributed by atoms with E-state index in [9.17, 15) is 9.59 Å². The van der Waals surface area contributed by atoms with E-state index >= 15 is 0 Å². The van der Waals surface area contributed by atoms with E-state index in [1.165, 1.54) is 0 Å². The van der Waals surface area contributed by atoms with Gasteiger partial charge >= 0.3 is 5.97 Å². The molecule has 2 aliphatic rings. The van der Waals surface area contributed by atoms with Crippen molar-refractivity contribution in [1.29, 1.82) is 0 Å². The third kappa shape index (κ3) is 2.93. The summed E-state index contributed by atoms with van der Waals surface area (Å²) in [6.07, 6.45) is 1.66. The lowest BCUT2D eigenvalue weighted by molar-refractivity contribution is -0.151. The maximum Gasteiger partial charge on any atom is 0.327 e. The molecule has 17 heavy (non-hydrogen) atoms. The van der Waals surface area contributed by atoms with Crippen LogP contribution in [0.5, 0.6) is 0 Å². The number of carboxylic acids is 1. The van der Waals surface area contributed by atoms with Crippen LogP contribution in [0.2, 0.25) is 0 Å². The van der Waals surface area contributed by atoms with E-state index in [0.717, 1.165) is 31.7 Å². The van der Waals surface area contributed by atoms with Crippen LogP contribution in [0.25, 0.3) is 0 Å². The molecule has 1 unspecified atom stereocenters. The van der Waals surface area contributed by atoms with Gasteiger partial charge in [-0.15, -0.1) is 0 Å². The van der Waals surface area contributed by atoms with Crippen molar-refractivity contribution in [3.63, 3.8) is 0 Å². The van der Waals surface area contributed by atoms with Gasteiger partial charge in [-0.05, 0) is 25.9 Å². The number of nitrogens with one attached hydrogen (secondary N) is 1. The number of nitrogens with zero attached hydrogens (tertiary/aromatic N) is 1. The number of carbonyl (C=O) groups excluding carboxylic acids is 1. The largest absolute Gasteiger partial charge is 0.480 e. The van der Waals surface area contributed by atoms with E-state index in [1.807, 2.05) is 0 Å². The van der Waals surface area contributed by atoms with Crippen LogP contribution in [-0.2, 0) is 9.59 Å². The summed E-state index contributed by atoms with van der Waals surface area (Å²) in [4.78, 5) is 25.0. The van der Waals surface area contributed by atoms with Crippen LogP contribution in [0, 0.1) is 5.92 Å². The van der Waals surface area contributed by atoms with Crippen LogP contribution in [0.4, 0.5) is 0 Å². The first kappa shape index (κ1) is 12.7. The molecule has 1 amide bonds. The van der Waals surface area contributed by atoms with Crippen molar-refractivity contribution in [2.24, 2.45) is 5.92 Å². The molecule has 5 nitrogen and oxygen atoms in total. The highest BCUT2D eigenvalue weighted by Gasteiger charge is 2.35. The molecule has 2 N–H and O–H groups in total. The van der Waals surface area contributed by atoms with Crippen molar-refractivity contribution < 1.29 is 14.7 Å². The molecule has 0 saturated carbocycles. The Morgan fingerprint density at radius 3 is 2.65 bits per heavy atom. The first-order chi connectivity index (χ1) is 8.20. The zero-order chi connectivity index (χ0) is 12.3. The molecule has 2 heterocycles. The van der Waals surface area contributed by atoms with E-state index in [0.29, 0.717) is 12.3 Å². The molecule has 0 aromatic rings. The van der Waals surface area contributed by atoms with Crippen molar-refractivity contribution in [3.05, 3.63) is 0 Å². The fourth-order valence-electron chi connectivity index (χ4n) is 2.38. The van der Waals surface area contributed by atoms with E-state index in [2.05, 4.69) is 5.32 Å². The lowest BCUT2D eigenvalue weighted by Gasteiger charge is -2.36. The van der Waals surface area contributed by atoms with Gasteiger partial charge < -0.3 is 15.3 Å². The van der Waals surface area contributed by atoms with Gasteiger partial charge in [-0.25, -0.2) is 4.79 Å². The van der Waals surface area contributed by atoms with Gasteiger partial charge in [0.25, 0.3) is 0 Å². The number of rotatable bonds is 2. The van der Waals surface area contributed by atoms with E-state index in [1.54, 1.807) is 16.7 Å². The lowest BCUT2D eigenvalue weighted by atomic mass is 9.96. The van der Waals surface area contributed by atoms with Crippen molar-refractivity contribution >= 4 is 23.6 Å². The smallest absolute Gasteiger partial charge is 0.327 e. The summed E-state index contributed by atoms with van der Waals surface area (Å²) in [5.74, 6) is 0.548. The summed E-state index contributed by atoms with van der Waals surface area (Å²) in [6, 6.07) is -0.629. The SMILES string of the molecule is O=C(O)C1CSCCN1C(=O)C1CCNCC1. The van der Waals surface area contributed by atoms with Crippen LogP contribution >= 0.6 is 11.8 Å². The number of aliphatic carboxylic acids is 1. The monoisotopic (exact) mass is 258 g/mol. The minimum atomic E-state index is -0.875. The molecule has 1 atom stereocenters. The molecule has 2 aliphatic heterocycles. The van der Waals surface area contributed by atoms with Crippen LogP contribution in [0.1, 0.15) is 12.8 Å². The van der Waals surface area contributed by atoms with Crippen LogP contribution < -0.4 is 5.32 Å². The number of amides is 1. The second kappa shape index (κ2) is 5.73. The number of carboxylic acid groups (broad SMARTS) is 1. The van der Waals surface area contributed by atoms with Gasteiger partial charge in [0.1, 0.15) is 6.04 Å². The summed E-state index contributed by atoms with van der Waals surface area (Å²) < 4.78 is 0. The first-order valence-electron chi connectivity index (χ1n) is 6.02. The van der Waals surface area contributed by atoms with Gasteiger partial charge in [0, 0.05) is 24.0 Å². The van der Waals surface area contributed by atoms with Crippen LogP contribution in [0.3, 0.4) is 0 Å². The summed E-state index contributed by atoms with van der Waals surface area (Å²) >= 11 is 1.61. The zero-order valence-electron chi connectivity index (χ0n) is 9.72. The maximum atomic E-state index is 12.3. The summed E-state index contributed by atoms with van der Waals surface area (Å²) in [7, 11) is 0. The third-order valence-electron chi connectivity index (χ3n) is 3.39. The van der Waals surface area contributed by atoms with Gasteiger partial charge in [-0.1, -0.05) is 0 Å². The normalized spacial score (nSPS) is 26.8. The molecule has 96 valence electrons. The van der Waals surface area contributed by atoms with E-state index in [4.69, 9.17) is 5.11 Å². The Morgan fingerprint density at radius 1 is 1.29 bits per heavy atom. The van der Waals surface area contributed by atoms with Crippen LogP contribution in [0.15, 0.2) is 0 Å². The van der Waals surface area contributed by atoms with Gasteiger partial charge in [0.2, 0.25) is 5.91 Å². The Hall–Kier alpha value is -0.750. The van der Waals surface area contributed by atoms with Crippen molar-refractivity contribution in [3.8, 4) is 0 Å². The standard InChI is InChI=1S/C11H18N2O3S/c14-10(8-1-3-12-4-2-8)13-5-6-17-7-9(13)11(15)16/h8-9,12H,1-7H2,(H,15,16). The van der Waals surface area contributed by atoms with Crippen molar-refractivity contribution in [1.82, 2.24) is 10.2 Å². The number of piperidine rings is 1. The maximum absolute atomic E-state index is 12.3. The molecular formula is C11H18N2O3S. The predicted octanol–water partition coefficient (Wildman–Crippen LogP) is 0.0146. The molecule has 0 aliphatic carbocycles. The Kier molecular flexibility index (Phi) is 4.28. The molecule has 0 aromatic heterocycles. The fourth-order valence-corrected chi connectivity index (χ4v) is 3.41. The Balaban J connectivity index is 2.02. The molecule has 0 bridgehead atoms. The second-order valence-corrected chi connectivity index (χ2v) is 5.63. The van der Waals surface area contributed by atoms with Crippen LogP contribution in [-0.4, -0.2) is 59.1 Å². The van der Waals surface area contributed by atoms with E-state index < -0.39 is 12.0 Å². The quantitative estimate of drug-likeness (QED) is 0.730. The van der Waals surface area contributed by atoms with Gasteiger partial charge in [0.15, 0.2) is 0 Å². The van der Waals surface area contributed by atoms with Gasteiger partial charge in [0.05, 0.1) is 0 Å². The number of thioether (sulfide) groups is 1. The van der Waals surface area contributed by atoms with E-state index in [-0.39, 0.29) is 11.8 Å². The summed E-state index contributed by atoms with van der Waals surface area (Å²) in [6.45, 7) is 2.29. The average molecular weight is 258 g/mol. The van der Waals surface area contributed by atoms with Crippen molar-refractivity contribution in [2.75, 3.05) is 31.1 Å². The molecular weight excluding hydrogens is 240 g/mol. The molecule has 0 radical (unpaired) electrons. The molecule has 2 fully saturated rings. The minimum absolute atomic E-state index is 0.0150. The highest BCUT2D eigenvalue weighted by atomic mass is 32.2.